The van der Waals surface area contributed by atoms with E-state index >= 15 is 0 Å². The zero-order valence-electron chi connectivity index (χ0n) is 15.9. The van der Waals surface area contributed by atoms with Crippen LogP contribution in [0.15, 0.2) is 79.1 Å². The van der Waals surface area contributed by atoms with Crippen molar-refractivity contribution in [3.63, 3.8) is 0 Å². The number of methoxy groups -OCH3 is 1. The summed E-state index contributed by atoms with van der Waals surface area (Å²) in [7, 11) is 1.62. The van der Waals surface area contributed by atoms with Gasteiger partial charge in [-0.05, 0) is 42.0 Å². The lowest BCUT2D eigenvalue weighted by Crippen LogP contribution is -2.23. The third-order valence-electron chi connectivity index (χ3n) is 4.52. The van der Waals surface area contributed by atoms with E-state index in [-0.39, 0.29) is 5.91 Å². The van der Waals surface area contributed by atoms with Crippen molar-refractivity contribution < 1.29 is 9.53 Å². The van der Waals surface area contributed by atoms with Crippen LogP contribution in [0.1, 0.15) is 16.1 Å². The minimum atomic E-state index is -0.223. The highest BCUT2D eigenvalue weighted by molar-refractivity contribution is 5.93. The number of pyridine rings is 2. The molecule has 0 aliphatic carbocycles. The molecule has 0 bridgehead atoms. The first kappa shape index (κ1) is 18.4. The van der Waals surface area contributed by atoms with Crippen LogP contribution in [-0.2, 0) is 6.54 Å². The second-order valence-electron chi connectivity index (χ2n) is 6.47. The molecule has 0 aliphatic rings. The number of nitrogens with one attached hydrogen (secondary N) is 2. The van der Waals surface area contributed by atoms with Crippen LogP contribution >= 0.6 is 0 Å². The van der Waals surface area contributed by atoms with E-state index in [4.69, 9.17) is 4.74 Å². The second-order valence-corrected chi connectivity index (χ2v) is 6.47. The van der Waals surface area contributed by atoms with Crippen LogP contribution in [0.5, 0.6) is 5.75 Å². The molecule has 6 heteroatoms. The molecule has 4 aromatic rings. The van der Waals surface area contributed by atoms with E-state index in [0.717, 1.165) is 33.6 Å². The predicted molar refractivity (Wildman–Crippen MR) is 113 cm³/mol. The summed E-state index contributed by atoms with van der Waals surface area (Å²) in [5.74, 6) is 0.561. The number of hydrogen-bond donors (Lipinski definition) is 2. The Kier molecular flexibility index (Phi) is 5.33. The van der Waals surface area contributed by atoms with E-state index in [2.05, 4.69) is 20.6 Å². The van der Waals surface area contributed by atoms with E-state index in [1.807, 2.05) is 60.7 Å². The molecule has 0 saturated heterocycles. The molecule has 0 fully saturated rings. The van der Waals surface area contributed by atoms with E-state index in [1.165, 1.54) is 0 Å². The van der Waals surface area contributed by atoms with E-state index in [1.54, 1.807) is 25.6 Å². The Morgan fingerprint density at radius 1 is 0.966 bits per heavy atom. The first-order valence-corrected chi connectivity index (χ1v) is 9.21. The average Bonchev–Trinajstić information content (AvgIpc) is 2.78. The van der Waals surface area contributed by atoms with Crippen molar-refractivity contribution in [1.82, 2.24) is 15.3 Å². The summed E-state index contributed by atoms with van der Waals surface area (Å²) in [5, 5.41) is 7.24. The second kappa shape index (κ2) is 8.39. The highest BCUT2D eigenvalue weighted by Crippen LogP contribution is 2.24. The number of para-hydroxylation sites is 1. The number of rotatable bonds is 6. The van der Waals surface area contributed by atoms with E-state index < -0.39 is 0 Å². The van der Waals surface area contributed by atoms with Gasteiger partial charge in [0, 0.05) is 18.1 Å². The summed E-state index contributed by atoms with van der Waals surface area (Å²) in [6.07, 6.45) is 3.41. The van der Waals surface area contributed by atoms with Gasteiger partial charge in [0.05, 0.1) is 30.2 Å². The SMILES string of the molecule is COc1ccc(CNC(=O)c2ccc(Nc3cccc4cccnc34)cn2)cc1. The molecule has 144 valence electrons. The number of carbonyl (C=O) groups excluding carboxylic acids is 1. The molecular formula is C23H20N4O2. The minimum absolute atomic E-state index is 0.223. The number of amides is 1. The van der Waals surface area contributed by atoms with Gasteiger partial charge in [-0.2, -0.15) is 0 Å². The number of aromatic nitrogens is 2. The summed E-state index contributed by atoms with van der Waals surface area (Å²) in [6, 6.07) is 21.0. The Morgan fingerprint density at radius 3 is 2.55 bits per heavy atom. The molecule has 29 heavy (non-hydrogen) atoms. The molecule has 1 amide bonds. The Bertz CT molecular complexity index is 1120. The number of benzene rings is 2. The van der Waals surface area contributed by atoms with Crippen LogP contribution < -0.4 is 15.4 Å². The van der Waals surface area contributed by atoms with Gasteiger partial charge in [0.15, 0.2) is 0 Å². The number of carbonyl (C=O) groups is 1. The lowest BCUT2D eigenvalue weighted by atomic mass is 10.2. The number of fused-ring (bicyclic) bond motifs is 1. The summed E-state index contributed by atoms with van der Waals surface area (Å²) in [4.78, 5) is 21.1. The van der Waals surface area contributed by atoms with Gasteiger partial charge in [-0.1, -0.05) is 30.3 Å². The fourth-order valence-corrected chi connectivity index (χ4v) is 2.98. The monoisotopic (exact) mass is 384 g/mol. The lowest BCUT2D eigenvalue weighted by Gasteiger charge is -2.10. The molecule has 0 saturated carbocycles. The summed E-state index contributed by atoms with van der Waals surface area (Å²) in [6.45, 7) is 0.423. The highest BCUT2D eigenvalue weighted by Gasteiger charge is 2.08. The number of ether oxygens (including phenoxy) is 1. The minimum Gasteiger partial charge on any atom is -0.497 e. The number of hydrogen-bond acceptors (Lipinski definition) is 5. The summed E-state index contributed by atoms with van der Waals surface area (Å²) in [5.41, 5.74) is 3.91. The maximum Gasteiger partial charge on any atom is 0.270 e. The lowest BCUT2D eigenvalue weighted by molar-refractivity contribution is 0.0946. The van der Waals surface area contributed by atoms with Crippen molar-refractivity contribution >= 4 is 28.2 Å². The van der Waals surface area contributed by atoms with Crippen molar-refractivity contribution in [2.24, 2.45) is 0 Å². The molecule has 2 aromatic carbocycles. The van der Waals surface area contributed by atoms with Gasteiger partial charge in [-0.3, -0.25) is 9.78 Å². The van der Waals surface area contributed by atoms with Gasteiger partial charge < -0.3 is 15.4 Å². The number of anilines is 2. The van der Waals surface area contributed by atoms with Crippen LogP contribution in [0, 0.1) is 0 Å². The molecule has 2 heterocycles. The molecule has 0 radical (unpaired) electrons. The highest BCUT2D eigenvalue weighted by atomic mass is 16.5. The molecule has 0 spiro atoms. The van der Waals surface area contributed by atoms with Crippen LogP contribution in [-0.4, -0.2) is 23.0 Å². The van der Waals surface area contributed by atoms with Crippen LogP contribution in [0.4, 0.5) is 11.4 Å². The Hall–Kier alpha value is -3.93. The molecule has 6 nitrogen and oxygen atoms in total. The molecule has 0 atom stereocenters. The quantitative estimate of drug-likeness (QED) is 0.518. The van der Waals surface area contributed by atoms with E-state index in [0.29, 0.717) is 12.2 Å². The predicted octanol–water partition coefficient (Wildman–Crippen LogP) is 4.31. The Morgan fingerprint density at radius 2 is 1.79 bits per heavy atom. The van der Waals surface area contributed by atoms with Gasteiger partial charge in [0.25, 0.3) is 5.91 Å². The standard InChI is InChI=1S/C23H20N4O2/c1-29-19-10-7-16(8-11-19)14-26-23(28)21-12-9-18(15-25-21)27-20-6-2-4-17-5-3-13-24-22(17)20/h2-13,15,27H,14H2,1H3,(H,26,28). The third kappa shape index (κ3) is 4.32. The van der Waals surface area contributed by atoms with Crippen molar-refractivity contribution in [3.05, 3.63) is 90.4 Å². The van der Waals surface area contributed by atoms with Gasteiger partial charge in [0.2, 0.25) is 0 Å². The topological polar surface area (TPSA) is 76.1 Å². The van der Waals surface area contributed by atoms with Crippen LogP contribution in [0.25, 0.3) is 10.9 Å². The molecular weight excluding hydrogens is 364 g/mol. The fourth-order valence-electron chi connectivity index (χ4n) is 2.98. The van der Waals surface area contributed by atoms with Crippen molar-refractivity contribution in [3.8, 4) is 5.75 Å². The zero-order valence-corrected chi connectivity index (χ0v) is 15.9. The van der Waals surface area contributed by atoms with Gasteiger partial charge in [0.1, 0.15) is 11.4 Å². The summed E-state index contributed by atoms with van der Waals surface area (Å²) < 4.78 is 5.13. The van der Waals surface area contributed by atoms with Gasteiger partial charge in [-0.25, -0.2) is 4.98 Å². The first-order chi connectivity index (χ1) is 14.2. The van der Waals surface area contributed by atoms with Gasteiger partial charge >= 0.3 is 0 Å². The van der Waals surface area contributed by atoms with Crippen molar-refractivity contribution in [2.75, 3.05) is 12.4 Å². The molecule has 4 rings (SSSR count). The number of nitrogens with zero attached hydrogens (tertiary/aromatic N) is 2. The maximum absolute atomic E-state index is 12.4. The van der Waals surface area contributed by atoms with Gasteiger partial charge in [-0.15, -0.1) is 0 Å². The average molecular weight is 384 g/mol. The van der Waals surface area contributed by atoms with Crippen molar-refractivity contribution in [1.29, 1.82) is 0 Å². The Labute approximate surface area is 168 Å². The third-order valence-corrected chi connectivity index (χ3v) is 4.52. The largest absolute Gasteiger partial charge is 0.497 e. The molecule has 0 unspecified atom stereocenters. The first-order valence-electron chi connectivity index (χ1n) is 9.21. The van der Waals surface area contributed by atoms with Crippen LogP contribution in [0.3, 0.4) is 0 Å². The van der Waals surface area contributed by atoms with E-state index in [9.17, 15) is 4.79 Å². The zero-order chi connectivity index (χ0) is 20.1. The smallest absolute Gasteiger partial charge is 0.270 e. The van der Waals surface area contributed by atoms with Crippen molar-refractivity contribution in [2.45, 2.75) is 6.54 Å². The maximum atomic E-state index is 12.4. The van der Waals surface area contributed by atoms with Crippen LogP contribution in [0.2, 0.25) is 0 Å². The normalized spacial score (nSPS) is 10.5. The molecule has 2 aromatic heterocycles. The molecule has 2 N–H and O–H groups in total. The summed E-state index contributed by atoms with van der Waals surface area (Å²) >= 11 is 0. The molecule has 0 aliphatic heterocycles. The fraction of sp³-hybridized carbons (Fsp3) is 0.0870. The Balaban J connectivity index is 1.41.